The number of carbonyl (C=O) groups is 3. The maximum absolute atomic E-state index is 13.0. The summed E-state index contributed by atoms with van der Waals surface area (Å²) >= 11 is 1.39. The normalized spacial score (nSPS) is 11.4. The molecule has 2 aromatic heterocycles. The minimum absolute atomic E-state index is 0.0305. The molecule has 180 valence electrons. The molecule has 0 radical (unpaired) electrons. The van der Waals surface area contributed by atoms with Crippen molar-refractivity contribution in [1.29, 1.82) is 5.26 Å². The molecule has 2 aromatic carbocycles. The Morgan fingerprint density at radius 1 is 1.08 bits per heavy atom. The number of nitriles is 1. The van der Waals surface area contributed by atoms with Gasteiger partial charge in [-0.25, -0.2) is 4.98 Å². The molecule has 0 aliphatic carbocycles. The van der Waals surface area contributed by atoms with Crippen LogP contribution in [0.3, 0.4) is 0 Å². The number of thiazole rings is 1. The fourth-order valence-corrected chi connectivity index (χ4v) is 4.37. The van der Waals surface area contributed by atoms with Crippen molar-refractivity contribution >= 4 is 28.8 Å². The number of aromatic nitrogens is 3. The number of nitrogens with one attached hydrogen (secondary N) is 1. The Hall–Kier alpha value is -4.42. The zero-order chi connectivity index (χ0) is 25.3. The number of benzene rings is 2. The Kier molecular flexibility index (Phi) is 8.11. The minimum atomic E-state index is -0.793. The lowest BCUT2D eigenvalue weighted by atomic mass is 9.90. The monoisotopic (exact) mass is 497 g/mol. The number of nitrogens with zero attached hydrogens (tertiary/aromatic N) is 4. The van der Waals surface area contributed by atoms with Crippen molar-refractivity contribution in [2.24, 2.45) is 5.92 Å². The second-order valence-corrected chi connectivity index (χ2v) is 9.20. The van der Waals surface area contributed by atoms with E-state index in [4.69, 9.17) is 5.26 Å². The van der Waals surface area contributed by atoms with Gasteiger partial charge in [-0.3, -0.25) is 19.1 Å². The summed E-state index contributed by atoms with van der Waals surface area (Å²) in [5.74, 6) is -2.35. The number of hydrogen-bond donors (Lipinski definition) is 1. The fraction of sp³-hybridized carbons (Fsp3) is 0.185. The molecule has 0 saturated carbocycles. The number of rotatable bonds is 11. The quantitative estimate of drug-likeness (QED) is 0.317. The van der Waals surface area contributed by atoms with Gasteiger partial charge < -0.3 is 5.32 Å². The largest absolute Gasteiger partial charge is 0.343 e. The van der Waals surface area contributed by atoms with Gasteiger partial charge in [0.15, 0.2) is 5.78 Å². The molecule has 0 aliphatic rings. The predicted molar refractivity (Wildman–Crippen MR) is 135 cm³/mol. The van der Waals surface area contributed by atoms with E-state index in [-0.39, 0.29) is 31.7 Å². The molecule has 0 bridgehead atoms. The van der Waals surface area contributed by atoms with Gasteiger partial charge in [-0.05, 0) is 29.7 Å². The molecule has 4 aromatic rings. The topological polar surface area (TPSA) is 118 Å². The van der Waals surface area contributed by atoms with Crippen LogP contribution < -0.4 is 5.32 Å². The maximum atomic E-state index is 13.0. The van der Waals surface area contributed by atoms with Crippen molar-refractivity contribution in [2.45, 2.75) is 25.9 Å². The van der Waals surface area contributed by atoms with Crippen molar-refractivity contribution in [3.8, 4) is 17.2 Å². The number of amides is 1. The summed E-state index contributed by atoms with van der Waals surface area (Å²) in [6, 6.07) is 18.5. The molecule has 1 atom stereocenters. The lowest BCUT2D eigenvalue weighted by Crippen LogP contribution is -2.37. The SMILES string of the molecule is N#Cc1cccc(-c2cnn(CC(=O)C[C@H](Cc3ccccc3)C(=O)C(=O)NCc3nccs3)c2)c1. The van der Waals surface area contributed by atoms with Crippen LogP contribution in [0.1, 0.15) is 22.6 Å². The van der Waals surface area contributed by atoms with E-state index in [9.17, 15) is 14.4 Å². The van der Waals surface area contributed by atoms with E-state index in [2.05, 4.69) is 21.5 Å². The Bertz CT molecular complexity index is 1390. The number of carbonyl (C=O) groups excluding carboxylic acids is 3. The predicted octanol–water partition coefficient (Wildman–Crippen LogP) is 3.58. The van der Waals surface area contributed by atoms with Crippen LogP contribution in [-0.2, 0) is 33.9 Å². The van der Waals surface area contributed by atoms with Gasteiger partial charge in [-0.1, -0.05) is 42.5 Å². The Balaban J connectivity index is 1.43. The molecular weight excluding hydrogens is 474 g/mol. The zero-order valence-electron chi connectivity index (χ0n) is 19.3. The maximum Gasteiger partial charge on any atom is 0.288 e. The van der Waals surface area contributed by atoms with Crippen LogP contribution in [-0.4, -0.2) is 32.2 Å². The van der Waals surface area contributed by atoms with Crippen molar-refractivity contribution in [1.82, 2.24) is 20.1 Å². The Labute approximate surface area is 212 Å². The smallest absolute Gasteiger partial charge is 0.288 e. The lowest BCUT2D eigenvalue weighted by Gasteiger charge is -2.15. The molecule has 4 rings (SSSR count). The van der Waals surface area contributed by atoms with Gasteiger partial charge >= 0.3 is 0 Å². The molecule has 0 spiro atoms. The number of hydrogen-bond acceptors (Lipinski definition) is 7. The second-order valence-electron chi connectivity index (χ2n) is 8.22. The molecule has 2 heterocycles. The van der Waals surface area contributed by atoms with E-state index in [1.165, 1.54) is 16.0 Å². The molecule has 36 heavy (non-hydrogen) atoms. The van der Waals surface area contributed by atoms with Crippen molar-refractivity contribution in [2.75, 3.05) is 0 Å². The van der Waals surface area contributed by atoms with Crippen molar-refractivity contribution in [3.63, 3.8) is 0 Å². The first-order chi connectivity index (χ1) is 17.5. The van der Waals surface area contributed by atoms with E-state index in [0.717, 1.165) is 16.7 Å². The summed E-state index contributed by atoms with van der Waals surface area (Å²) in [7, 11) is 0. The summed E-state index contributed by atoms with van der Waals surface area (Å²) in [5.41, 5.74) is 3.00. The van der Waals surface area contributed by atoms with E-state index in [0.29, 0.717) is 10.6 Å². The van der Waals surface area contributed by atoms with E-state index in [1.807, 2.05) is 36.4 Å². The molecule has 0 aliphatic heterocycles. The number of ketones is 2. The summed E-state index contributed by atoms with van der Waals surface area (Å²) in [4.78, 5) is 42.6. The second kappa shape index (κ2) is 11.8. The first-order valence-electron chi connectivity index (χ1n) is 11.3. The van der Waals surface area contributed by atoms with Gasteiger partial charge in [-0.15, -0.1) is 11.3 Å². The van der Waals surface area contributed by atoms with E-state index >= 15 is 0 Å². The van der Waals surface area contributed by atoms with Crippen molar-refractivity contribution < 1.29 is 14.4 Å². The third-order valence-corrected chi connectivity index (χ3v) is 6.35. The van der Waals surface area contributed by atoms with Crippen LogP contribution in [0.4, 0.5) is 0 Å². The Morgan fingerprint density at radius 2 is 1.92 bits per heavy atom. The van der Waals surface area contributed by atoms with E-state index < -0.39 is 17.6 Å². The summed E-state index contributed by atoms with van der Waals surface area (Å²) in [6.45, 7) is 0.133. The number of Topliss-reactive ketones (excluding diaryl/α,β-unsaturated/α-hetero) is 2. The van der Waals surface area contributed by atoms with Crippen LogP contribution in [0.2, 0.25) is 0 Å². The van der Waals surface area contributed by atoms with Gasteiger partial charge in [0.05, 0.1) is 30.9 Å². The molecule has 0 saturated heterocycles. The van der Waals surface area contributed by atoms with Gasteiger partial charge in [0, 0.05) is 35.7 Å². The van der Waals surface area contributed by atoms with Gasteiger partial charge in [-0.2, -0.15) is 10.4 Å². The molecule has 9 heteroatoms. The standard InChI is InChI=1S/C27H23N5O3S/c28-14-20-7-4-8-21(12-20)23-15-31-32(17-23)18-24(33)13-22(11-19-5-2-1-3-6-19)26(34)27(35)30-16-25-29-9-10-36-25/h1-10,12,15,17,22H,11,13,16,18H2,(H,30,35)/t22-/m0/s1. The average molecular weight is 498 g/mol. The first kappa shape index (κ1) is 24.7. The van der Waals surface area contributed by atoms with Crippen LogP contribution in [0.15, 0.2) is 78.6 Å². The highest BCUT2D eigenvalue weighted by atomic mass is 32.1. The third-order valence-electron chi connectivity index (χ3n) is 5.57. The Morgan fingerprint density at radius 3 is 2.67 bits per heavy atom. The highest BCUT2D eigenvalue weighted by Gasteiger charge is 2.28. The molecule has 1 amide bonds. The molecule has 1 N–H and O–H groups in total. The van der Waals surface area contributed by atoms with Crippen LogP contribution in [0, 0.1) is 17.2 Å². The minimum Gasteiger partial charge on any atom is -0.343 e. The summed E-state index contributed by atoms with van der Waals surface area (Å²) in [6.07, 6.45) is 5.18. The highest BCUT2D eigenvalue weighted by Crippen LogP contribution is 2.20. The highest BCUT2D eigenvalue weighted by molar-refractivity contribution is 7.09. The third kappa shape index (κ3) is 6.58. The molecular formula is C27H23N5O3S. The van der Waals surface area contributed by atoms with Gasteiger partial charge in [0.2, 0.25) is 5.78 Å². The lowest BCUT2D eigenvalue weighted by molar-refractivity contribution is -0.141. The van der Waals surface area contributed by atoms with Crippen molar-refractivity contribution in [3.05, 3.63) is 94.7 Å². The zero-order valence-corrected chi connectivity index (χ0v) is 20.1. The summed E-state index contributed by atoms with van der Waals surface area (Å²) < 4.78 is 1.50. The van der Waals surface area contributed by atoms with Crippen LogP contribution >= 0.6 is 11.3 Å². The van der Waals surface area contributed by atoms with Gasteiger partial charge in [0.1, 0.15) is 5.01 Å². The molecule has 0 fully saturated rings. The first-order valence-corrected chi connectivity index (χ1v) is 12.2. The summed E-state index contributed by atoms with van der Waals surface area (Å²) in [5, 5.41) is 18.5. The van der Waals surface area contributed by atoms with E-state index in [1.54, 1.807) is 42.2 Å². The van der Waals surface area contributed by atoms with Crippen LogP contribution in [0.5, 0.6) is 0 Å². The molecule has 8 nitrogen and oxygen atoms in total. The fourth-order valence-electron chi connectivity index (χ4n) is 3.81. The average Bonchev–Trinajstić information content (AvgIpc) is 3.59. The van der Waals surface area contributed by atoms with Gasteiger partial charge in [0.25, 0.3) is 5.91 Å². The molecule has 0 unspecified atom stereocenters. The van der Waals surface area contributed by atoms with Crippen LogP contribution in [0.25, 0.3) is 11.1 Å².